The van der Waals surface area contributed by atoms with Crippen molar-refractivity contribution in [3.05, 3.63) is 88.6 Å². The number of carbonyl (C=O) groups excluding carboxylic acids is 1. The van der Waals surface area contributed by atoms with Gasteiger partial charge in [-0.1, -0.05) is 43.3 Å². The summed E-state index contributed by atoms with van der Waals surface area (Å²) in [5, 5.41) is 2.32. The summed E-state index contributed by atoms with van der Waals surface area (Å²) in [5.41, 5.74) is -1.10. The van der Waals surface area contributed by atoms with Crippen molar-refractivity contribution in [3.8, 4) is 5.69 Å². The van der Waals surface area contributed by atoms with Crippen LogP contribution in [-0.2, 0) is 15.2 Å². The topological polar surface area (TPSA) is 73.2 Å². The molecular weight excluding hydrogens is 479 g/mol. The van der Waals surface area contributed by atoms with E-state index in [1.807, 2.05) is 6.07 Å². The largest absolute Gasteiger partial charge is 0.417 e. The molecule has 0 spiro atoms. The van der Waals surface area contributed by atoms with Crippen LogP contribution < -0.4 is 10.7 Å². The van der Waals surface area contributed by atoms with E-state index in [0.29, 0.717) is 29.8 Å². The van der Waals surface area contributed by atoms with Crippen molar-refractivity contribution in [2.75, 3.05) is 5.32 Å². The first-order chi connectivity index (χ1) is 16.8. The van der Waals surface area contributed by atoms with E-state index in [1.165, 1.54) is 4.57 Å². The predicted molar refractivity (Wildman–Crippen MR) is 129 cm³/mol. The fraction of sp³-hybridized carbons (Fsp3) is 0.160. The molecule has 2 aromatic heterocycles. The van der Waals surface area contributed by atoms with Gasteiger partial charge in [0.2, 0.25) is 0 Å². The highest BCUT2D eigenvalue weighted by Gasteiger charge is 2.36. The minimum absolute atomic E-state index is 0.118. The molecule has 0 saturated heterocycles. The van der Waals surface area contributed by atoms with Crippen LogP contribution in [0.15, 0.2) is 82.6 Å². The molecule has 0 fully saturated rings. The summed E-state index contributed by atoms with van der Waals surface area (Å²) in [5.74, 6) is -0.349. The highest BCUT2D eigenvalue weighted by Crippen LogP contribution is 2.37. The number of para-hydroxylation sites is 2. The molecule has 0 amide bonds. The minimum atomic E-state index is -4.84. The van der Waals surface area contributed by atoms with Crippen LogP contribution >= 0.6 is 12.0 Å². The summed E-state index contributed by atoms with van der Waals surface area (Å²) >= 11 is 0.437. The van der Waals surface area contributed by atoms with E-state index in [9.17, 15) is 22.8 Å². The summed E-state index contributed by atoms with van der Waals surface area (Å²) < 4.78 is 48.7. The molecule has 0 radical (unpaired) electrons. The van der Waals surface area contributed by atoms with Gasteiger partial charge in [0, 0.05) is 23.9 Å². The SMILES string of the molecule is CCCC(=O)OSc1cc(C(F)(F)F)c2c(=O)cc(Nc3ccccc3)n(-c3ccccc3)c2n1. The van der Waals surface area contributed by atoms with Crippen LogP contribution in [0.2, 0.25) is 0 Å². The summed E-state index contributed by atoms with van der Waals surface area (Å²) in [7, 11) is 0. The fourth-order valence-corrected chi connectivity index (χ4v) is 4.04. The number of aromatic nitrogens is 2. The van der Waals surface area contributed by atoms with Gasteiger partial charge in [0.15, 0.2) is 11.1 Å². The maximum atomic E-state index is 14.1. The van der Waals surface area contributed by atoms with Crippen LogP contribution in [0, 0.1) is 0 Å². The van der Waals surface area contributed by atoms with Gasteiger partial charge in [-0.05, 0) is 36.8 Å². The lowest BCUT2D eigenvalue weighted by Crippen LogP contribution is -2.18. The fourth-order valence-electron chi connectivity index (χ4n) is 3.49. The molecule has 4 rings (SSSR count). The normalized spacial score (nSPS) is 11.4. The van der Waals surface area contributed by atoms with Crippen molar-refractivity contribution >= 4 is 40.6 Å². The molecule has 0 unspecified atom stereocenters. The molecule has 4 aromatic rings. The molecule has 0 saturated carbocycles. The molecule has 0 bridgehead atoms. The Bertz CT molecular complexity index is 1410. The zero-order chi connectivity index (χ0) is 25.0. The molecule has 2 aromatic carbocycles. The number of alkyl halides is 3. The van der Waals surface area contributed by atoms with Crippen molar-refractivity contribution in [3.63, 3.8) is 0 Å². The van der Waals surface area contributed by atoms with Crippen LogP contribution in [0.3, 0.4) is 0 Å². The van der Waals surface area contributed by atoms with Gasteiger partial charge >= 0.3 is 12.1 Å². The Morgan fingerprint density at radius 2 is 1.71 bits per heavy atom. The summed E-state index contributed by atoms with van der Waals surface area (Å²) in [6, 6.07) is 19.4. The lowest BCUT2D eigenvalue weighted by atomic mass is 10.1. The van der Waals surface area contributed by atoms with E-state index in [-0.39, 0.29) is 22.9 Å². The van der Waals surface area contributed by atoms with Crippen molar-refractivity contribution in [1.82, 2.24) is 9.55 Å². The number of hydrogen-bond acceptors (Lipinski definition) is 6. The molecule has 0 aliphatic heterocycles. The van der Waals surface area contributed by atoms with Crippen molar-refractivity contribution in [2.24, 2.45) is 0 Å². The molecule has 10 heteroatoms. The third-order valence-electron chi connectivity index (χ3n) is 4.98. The highest BCUT2D eigenvalue weighted by molar-refractivity contribution is 7.95. The maximum Gasteiger partial charge on any atom is 0.417 e. The molecule has 0 atom stereocenters. The van der Waals surface area contributed by atoms with E-state index in [1.54, 1.807) is 61.5 Å². The van der Waals surface area contributed by atoms with Gasteiger partial charge in [-0.25, -0.2) is 4.98 Å². The maximum absolute atomic E-state index is 14.1. The highest BCUT2D eigenvalue weighted by atomic mass is 32.2. The summed E-state index contributed by atoms with van der Waals surface area (Å²) in [6.45, 7) is 1.78. The predicted octanol–water partition coefficient (Wildman–Crippen LogP) is 6.50. The van der Waals surface area contributed by atoms with Crippen LogP contribution in [0.4, 0.5) is 24.7 Å². The number of nitrogens with one attached hydrogen (secondary N) is 1. The van der Waals surface area contributed by atoms with Crippen molar-refractivity contribution in [1.29, 1.82) is 0 Å². The molecule has 180 valence electrons. The van der Waals surface area contributed by atoms with Gasteiger partial charge in [0.05, 0.1) is 10.9 Å². The molecule has 0 aliphatic rings. The van der Waals surface area contributed by atoms with E-state index < -0.39 is 28.5 Å². The number of rotatable bonds is 7. The standard InChI is InChI=1S/C25H20F3N3O3S/c1-2-9-22(33)34-35-21-14-18(25(26,27)28)23-19(32)15-20(29-16-10-5-3-6-11-16)31(24(23)30-21)17-12-7-4-8-13-17/h3-8,10-15,29H,2,9H2,1H3. The Hall–Kier alpha value is -3.79. The first-order valence-electron chi connectivity index (χ1n) is 10.7. The average Bonchev–Trinajstić information content (AvgIpc) is 2.83. The quantitative estimate of drug-likeness (QED) is 0.293. The number of fused-ring (bicyclic) bond motifs is 1. The van der Waals surface area contributed by atoms with Gasteiger partial charge < -0.3 is 9.50 Å². The Morgan fingerprint density at radius 1 is 1.06 bits per heavy atom. The molecule has 35 heavy (non-hydrogen) atoms. The number of hydrogen-bond donors (Lipinski definition) is 1. The van der Waals surface area contributed by atoms with E-state index in [2.05, 4.69) is 10.3 Å². The first kappa shape index (κ1) is 24.3. The number of pyridine rings is 2. The Morgan fingerprint density at radius 3 is 2.34 bits per heavy atom. The van der Waals surface area contributed by atoms with Gasteiger partial charge in [0.1, 0.15) is 22.9 Å². The van der Waals surface area contributed by atoms with Crippen LogP contribution in [-0.4, -0.2) is 15.5 Å². The number of halogens is 3. The van der Waals surface area contributed by atoms with Crippen molar-refractivity contribution in [2.45, 2.75) is 31.0 Å². The number of carbonyl (C=O) groups is 1. The number of anilines is 2. The monoisotopic (exact) mass is 499 g/mol. The molecule has 2 heterocycles. The van der Waals surface area contributed by atoms with Gasteiger partial charge in [-0.2, -0.15) is 13.2 Å². The Labute approximate surface area is 203 Å². The third kappa shape index (κ3) is 5.48. The van der Waals surface area contributed by atoms with Crippen LogP contribution in [0.25, 0.3) is 16.7 Å². The second-order valence-electron chi connectivity index (χ2n) is 7.55. The van der Waals surface area contributed by atoms with Gasteiger partial charge in [0.25, 0.3) is 0 Å². The zero-order valence-electron chi connectivity index (χ0n) is 18.5. The van der Waals surface area contributed by atoms with E-state index >= 15 is 0 Å². The molecular formula is C25H20F3N3O3S. The summed E-state index contributed by atoms with van der Waals surface area (Å²) in [4.78, 5) is 29.2. The Kier molecular flexibility index (Phi) is 7.11. The van der Waals surface area contributed by atoms with Gasteiger partial charge in [-0.15, -0.1) is 0 Å². The molecule has 0 aliphatic carbocycles. The first-order valence-corrected chi connectivity index (χ1v) is 11.4. The molecule has 1 N–H and O–H groups in total. The van der Waals surface area contributed by atoms with Crippen molar-refractivity contribution < 1.29 is 22.1 Å². The number of nitrogens with zero attached hydrogens (tertiary/aromatic N) is 2. The second kappa shape index (κ2) is 10.2. The molecule has 6 nitrogen and oxygen atoms in total. The van der Waals surface area contributed by atoms with Crippen LogP contribution in [0.5, 0.6) is 0 Å². The number of benzene rings is 2. The lowest BCUT2D eigenvalue weighted by molar-refractivity contribution is -0.136. The van der Waals surface area contributed by atoms with E-state index in [4.69, 9.17) is 4.18 Å². The summed E-state index contributed by atoms with van der Waals surface area (Å²) in [6.07, 6.45) is -4.20. The van der Waals surface area contributed by atoms with E-state index in [0.717, 1.165) is 12.1 Å². The van der Waals surface area contributed by atoms with Crippen LogP contribution in [0.1, 0.15) is 25.3 Å². The van der Waals surface area contributed by atoms with Gasteiger partial charge in [-0.3, -0.25) is 14.2 Å². The minimum Gasteiger partial charge on any atom is -0.384 e. The third-order valence-corrected chi connectivity index (χ3v) is 5.63. The average molecular weight is 500 g/mol. The zero-order valence-corrected chi connectivity index (χ0v) is 19.3. The lowest BCUT2D eigenvalue weighted by Gasteiger charge is -2.20. The second-order valence-corrected chi connectivity index (χ2v) is 8.30. The Balaban J connectivity index is 1.99. The smallest absolute Gasteiger partial charge is 0.384 e.